The van der Waals surface area contributed by atoms with Gasteiger partial charge in [-0.05, 0) is 18.6 Å². The van der Waals surface area contributed by atoms with Gasteiger partial charge in [0.05, 0.1) is 6.61 Å². The zero-order valence-electron chi connectivity index (χ0n) is 20.3. The van der Waals surface area contributed by atoms with E-state index in [2.05, 4.69) is 11.9 Å². The number of aliphatic hydroxyl groups excluding tert-OH is 2. The summed E-state index contributed by atoms with van der Waals surface area (Å²) in [5.74, 6) is -2.86. The van der Waals surface area contributed by atoms with Gasteiger partial charge in [0.15, 0.2) is 6.10 Å². The van der Waals surface area contributed by atoms with Gasteiger partial charge < -0.3 is 29.2 Å². The SMILES string of the molecule is CCCCCCCCC(=O)OCC(O)COC(=O)c1cccc(C(=O)OCC(CO)OC(C)=O)n1. The first-order valence-corrected chi connectivity index (χ1v) is 11.7. The number of hydrogen-bond donors (Lipinski definition) is 2. The quantitative estimate of drug-likeness (QED) is 0.184. The van der Waals surface area contributed by atoms with Crippen LogP contribution in [-0.2, 0) is 28.5 Å². The predicted octanol–water partition coefficient (Wildman–Crippen LogP) is 1.97. The smallest absolute Gasteiger partial charge is 0.357 e. The molecular formula is C24H35NO10. The van der Waals surface area contributed by atoms with Crippen molar-refractivity contribution in [3.05, 3.63) is 29.6 Å². The highest BCUT2D eigenvalue weighted by Gasteiger charge is 2.19. The lowest BCUT2D eigenvalue weighted by atomic mass is 10.1. The molecule has 2 N–H and O–H groups in total. The van der Waals surface area contributed by atoms with E-state index in [9.17, 15) is 24.3 Å². The molecule has 0 fully saturated rings. The number of nitrogens with zero attached hydrogens (tertiary/aromatic N) is 1. The fourth-order valence-electron chi connectivity index (χ4n) is 2.87. The van der Waals surface area contributed by atoms with Crippen molar-refractivity contribution >= 4 is 23.9 Å². The molecule has 0 aliphatic rings. The van der Waals surface area contributed by atoms with Crippen molar-refractivity contribution in [3.63, 3.8) is 0 Å². The minimum Gasteiger partial charge on any atom is -0.463 e. The molecule has 0 saturated carbocycles. The van der Waals surface area contributed by atoms with Crippen LogP contribution in [-0.4, -0.2) is 77.7 Å². The fourth-order valence-corrected chi connectivity index (χ4v) is 2.87. The second kappa shape index (κ2) is 17.4. The van der Waals surface area contributed by atoms with Crippen LogP contribution in [0.25, 0.3) is 0 Å². The van der Waals surface area contributed by atoms with E-state index >= 15 is 0 Å². The lowest BCUT2D eigenvalue weighted by molar-refractivity contribution is -0.151. The zero-order chi connectivity index (χ0) is 26.1. The number of ether oxygens (including phenoxy) is 4. The van der Waals surface area contributed by atoms with Crippen molar-refractivity contribution in [1.82, 2.24) is 4.98 Å². The Labute approximate surface area is 204 Å². The first kappa shape index (κ1) is 30.0. The van der Waals surface area contributed by atoms with E-state index in [1.54, 1.807) is 0 Å². The highest BCUT2D eigenvalue weighted by atomic mass is 16.6. The van der Waals surface area contributed by atoms with E-state index in [0.29, 0.717) is 0 Å². The van der Waals surface area contributed by atoms with Crippen LogP contribution in [0.1, 0.15) is 79.8 Å². The second-order valence-corrected chi connectivity index (χ2v) is 7.87. The van der Waals surface area contributed by atoms with E-state index in [1.165, 1.54) is 24.6 Å². The Balaban J connectivity index is 2.39. The van der Waals surface area contributed by atoms with Gasteiger partial charge in [-0.2, -0.15) is 0 Å². The van der Waals surface area contributed by atoms with Gasteiger partial charge in [-0.25, -0.2) is 14.6 Å². The average molecular weight is 498 g/mol. The summed E-state index contributed by atoms with van der Waals surface area (Å²) in [5, 5.41) is 19.0. The number of aliphatic hydroxyl groups is 2. The molecule has 1 rings (SSSR count). The molecule has 1 aromatic heterocycles. The van der Waals surface area contributed by atoms with Gasteiger partial charge in [-0.1, -0.05) is 45.1 Å². The molecule has 0 aliphatic carbocycles. The minimum absolute atomic E-state index is 0.203. The van der Waals surface area contributed by atoms with Crippen LogP contribution in [0.15, 0.2) is 18.2 Å². The van der Waals surface area contributed by atoms with Crippen LogP contribution in [0.5, 0.6) is 0 Å². The Kier molecular flexibility index (Phi) is 14.9. The summed E-state index contributed by atoms with van der Waals surface area (Å²) >= 11 is 0. The molecule has 0 spiro atoms. The maximum absolute atomic E-state index is 12.2. The maximum Gasteiger partial charge on any atom is 0.357 e. The lowest BCUT2D eigenvalue weighted by Gasteiger charge is -2.14. The Hall–Kier alpha value is -3.05. The molecule has 2 unspecified atom stereocenters. The normalized spacial score (nSPS) is 12.3. The average Bonchev–Trinajstić information content (AvgIpc) is 2.85. The summed E-state index contributed by atoms with van der Waals surface area (Å²) in [7, 11) is 0. The molecule has 0 aliphatic heterocycles. The van der Waals surface area contributed by atoms with Crippen LogP contribution >= 0.6 is 0 Å². The highest BCUT2D eigenvalue weighted by Crippen LogP contribution is 2.08. The lowest BCUT2D eigenvalue weighted by Crippen LogP contribution is -2.28. The number of rotatable bonds is 17. The third-order valence-electron chi connectivity index (χ3n) is 4.68. The van der Waals surface area contributed by atoms with Crippen LogP contribution in [0.3, 0.4) is 0 Å². The van der Waals surface area contributed by atoms with Crippen molar-refractivity contribution < 1.29 is 48.3 Å². The number of carbonyl (C=O) groups excluding carboxylic acids is 4. The van der Waals surface area contributed by atoms with Gasteiger partial charge >= 0.3 is 23.9 Å². The first-order chi connectivity index (χ1) is 16.8. The number of hydrogen-bond acceptors (Lipinski definition) is 11. The monoisotopic (exact) mass is 497 g/mol. The molecule has 2 atom stereocenters. The summed E-state index contributed by atoms with van der Waals surface area (Å²) in [6.07, 6.45) is 4.27. The zero-order valence-corrected chi connectivity index (χ0v) is 20.3. The first-order valence-electron chi connectivity index (χ1n) is 11.7. The van der Waals surface area contributed by atoms with Crippen LogP contribution in [0, 0.1) is 0 Å². The Morgan fingerprint density at radius 3 is 2.06 bits per heavy atom. The standard InChI is InChI=1S/C24H35NO10/c1-3-4-5-6-7-8-12-22(29)32-14-18(28)15-33-23(30)20-10-9-11-21(25-20)24(31)34-16-19(13-26)35-17(2)27/h9-11,18-19,26,28H,3-8,12-16H2,1-2H3. The molecule has 0 radical (unpaired) electrons. The van der Waals surface area contributed by atoms with Gasteiger partial charge in [0.2, 0.25) is 0 Å². The summed E-state index contributed by atoms with van der Waals surface area (Å²) in [4.78, 5) is 50.9. The molecule has 35 heavy (non-hydrogen) atoms. The molecule has 0 bridgehead atoms. The predicted molar refractivity (Wildman–Crippen MR) is 122 cm³/mol. The van der Waals surface area contributed by atoms with Crippen molar-refractivity contribution in [3.8, 4) is 0 Å². The Morgan fingerprint density at radius 2 is 1.46 bits per heavy atom. The Morgan fingerprint density at radius 1 is 0.886 bits per heavy atom. The molecule has 196 valence electrons. The van der Waals surface area contributed by atoms with Crippen molar-refractivity contribution in [2.24, 2.45) is 0 Å². The fraction of sp³-hybridized carbons (Fsp3) is 0.625. The molecule has 1 aromatic rings. The molecule has 0 aromatic carbocycles. The van der Waals surface area contributed by atoms with Gasteiger partial charge in [0, 0.05) is 13.3 Å². The number of carbonyl (C=O) groups is 4. The summed E-state index contributed by atoms with van der Waals surface area (Å²) in [5.41, 5.74) is -0.409. The maximum atomic E-state index is 12.2. The molecule has 0 amide bonds. The van der Waals surface area contributed by atoms with Crippen molar-refractivity contribution in [2.45, 2.75) is 71.0 Å². The third-order valence-corrected chi connectivity index (χ3v) is 4.68. The van der Waals surface area contributed by atoms with Crippen molar-refractivity contribution in [2.75, 3.05) is 26.4 Å². The van der Waals surface area contributed by atoms with Crippen LogP contribution < -0.4 is 0 Å². The van der Waals surface area contributed by atoms with Crippen LogP contribution in [0.2, 0.25) is 0 Å². The number of pyridine rings is 1. The van der Waals surface area contributed by atoms with Gasteiger partial charge in [0.1, 0.15) is 37.3 Å². The summed E-state index contributed by atoms with van der Waals surface area (Å²) < 4.78 is 19.7. The highest BCUT2D eigenvalue weighted by molar-refractivity contribution is 5.91. The van der Waals surface area contributed by atoms with Crippen LogP contribution in [0.4, 0.5) is 0 Å². The van der Waals surface area contributed by atoms with E-state index < -0.39 is 55.9 Å². The topological polar surface area (TPSA) is 159 Å². The van der Waals surface area contributed by atoms with Gasteiger partial charge in [0.25, 0.3) is 0 Å². The number of aromatic nitrogens is 1. The molecule has 0 saturated heterocycles. The van der Waals surface area contributed by atoms with E-state index in [-0.39, 0.29) is 24.4 Å². The second-order valence-electron chi connectivity index (χ2n) is 7.87. The van der Waals surface area contributed by atoms with E-state index in [4.69, 9.17) is 24.1 Å². The summed E-state index contributed by atoms with van der Waals surface area (Å²) in [6, 6.07) is 3.99. The van der Waals surface area contributed by atoms with E-state index in [0.717, 1.165) is 39.0 Å². The molecular weight excluding hydrogens is 462 g/mol. The minimum atomic E-state index is -1.21. The number of esters is 4. The van der Waals surface area contributed by atoms with Gasteiger partial charge in [-0.3, -0.25) is 9.59 Å². The molecule has 11 nitrogen and oxygen atoms in total. The molecule has 11 heteroatoms. The molecule has 1 heterocycles. The van der Waals surface area contributed by atoms with Crippen molar-refractivity contribution in [1.29, 1.82) is 0 Å². The largest absolute Gasteiger partial charge is 0.463 e. The third kappa shape index (κ3) is 13.4. The number of unbranched alkanes of at least 4 members (excludes halogenated alkanes) is 5. The Bertz CT molecular complexity index is 813. The van der Waals surface area contributed by atoms with E-state index in [1.807, 2.05) is 0 Å². The summed E-state index contributed by atoms with van der Waals surface area (Å²) in [6.45, 7) is 1.61. The van der Waals surface area contributed by atoms with Gasteiger partial charge in [-0.15, -0.1) is 0 Å².